The fraction of sp³-hybridized carbons (Fsp3) is 0.312. The number of nitrogens with zero attached hydrogens (tertiary/aromatic N) is 3. The van der Waals surface area contributed by atoms with Crippen molar-refractivity contribution in [2.45, 2.75) is 31.2 Å². The fourth-order valence-corrected chi connectivity index (χ4v) is 2.25. The number of hydrogen-bond acceptors (Lipinski definition) is 3. The lowest BCUT2D eigenvalue weighted by Gasteiger charge is -2.24. The predicted octanol–water partition coefficient (Wildman–Crippen LogP) is 3.38. The van der Waals surface area contributed by atoms with Gasteiger partial charge in [0.2, 0.25) is 5.78 Å². The lowest BCUT2D eigenvalue weighted by molar-refractivity contribution is -0.138. The molecule has 1 heterocycles. The first-order valence-corrected chi connectivity index (χ1v) is 7.15. The summed E-state index contributed by atoms with van der Waals surface area (Å²) >= 11 is 0. The van der Waals surface area contributed by atoms with E-state index in [4.69, 9.17) is 0 Å². The van der Waals surface area contributed by atoms with E-state index >= 15 is 0 Å². The Morgan fingerprint density at radius 3 is 2.64 bits per heavy atom. The summed E-state index contributed by atoms with van der Waals surface area (Å²) in [5.74, 6) is -4.81. The molecule has 0 saturated heterocycles. The number of aromatic nitrogens is 3. The van der Waals surface area contributed by atoms with E-state index in [1.807, 2.05) is 0 Å². The van der Waals surface area contributed by atoms with E-state index in [1.54, 1.807) is 16.9 Å². The highest BCUT2D eigenvalue weighted by molar-refractivity contribution is 5.99. The summed E-state index contributed by atoms with van der Waals surface area (Å²) in [6.45, 7) is 0. The standard InChI is InChI=1S/C16H15F2N3O/c17-16(18,12-5-2-1-3-6-12)15(22)10-9-13-11-21(20-19-13)14-7-4-8-14/h1-3,5-6,9-11,14H,4,7-8H2/b10-9+. The number of carbonyl (C=O) groups excluding carboxylic acids is 1. The normalized spacial score (nSPS) is 15.9. The van der Waals surface area contributed by atoms with Gasteiger partial charge < -0.3 is 0 Å². The van der Waals surface area contributed by atoms with E-state index in [-0.39, 0.29) is 5.56 Å². The number of ketones is 1. The molecule has 0 unspecified atom stereocenters. The fourth-order valence-electron chi connectivity index (χ4n) is 2.25. The molecule has 1 aromatic heterocycles. The monoisotopic (exact) mass is 303 g/mol. The van der Waals surface area contributed by atoms with Crippen molar-refractivity contribution in [1.29, 1.82) is 0 Å². The van der Waals surface area contributed by atoms with Crippen LogP contribution in [0.2, 0.25) is 0 Å². The highest BCUT2D eigenvalue weighted by atomic mass is 19.3. The molecule has 1 aromatic carbocycles. The van der Waals surface area contributed by atoms with E-state index in [1.165, 1.54) is 30.3 Å². The second-order valence-corrected chi connectivity index (χ2v) is 5.35. The van der Waals surface area contributed by atoms with Crippen LogP contribution in [0.15, 0.2) is 42.6 Å². The topological polar surface area (TPSA) is 47.8 Å². The van der Waals surface area contributed by atoms with Crippen LogP contribution < -0.4 is 0 Å². The van der Waals surface area contributed by atoms with Crippen molar-refractivity contribution < 1.29 is 13.6 Å². The summed E-state index contributed by atoms with van der Waals surface area (Å²) in [6.07, 6.45) is 7.09. The molecule has 3 rings (SSSR count). The maximum atomic E-state index is 14.0. The average molecular weight is 303 g/mol. The summed E-state index contributed by atoms with van der Waals surface area (Å²) in [7, 11) is 0. The van der Waals surface area contributed by atoms with Crippen molar-refractivity contribution in [1.82, 2.24) is 15.0 Å². The van der Waals surface area contributed by atoms with Gasteiger partial charge in [-0.15, -0.1) is 5.10 Å². The molecule has 0 radical (unpaired) electrons. The van der Waals surface area contributed by atoms with E-state index in [9.17, 15) is 13.6 Å². The van der Waals surface area contributed by atoms with Crippen LogP contribution in [-0.2, 0) is 10.7 Å². The quantitative estimate of drug-likeness (QED) is 0.796. The van der Waals surface area contributed by atoms with Crippen molar-refractivity contribution in [2.24, 2.45) is 0 Å². The largest absolute Gasteiger partial charge is 0.334 e. The maximum absolute atomic E-state index is 14.0. The third-order valence-corrected chi connectivity index (χ3v) is 3.83. The molecular weight excluding hydrogens is 288 g/mol. The van der Waals surface area contributed by atoms with Gasteiger partial charge in [0.25, 0.3) is 0 Å². The summed E-state index contributed by atoms with van der Waals surface area (Å²) < 4.78 is 29.7. The summed E-state index contributed by atoms with van der Waals surface area (Å²) in [5.41, 5.74) is 0.0897. The van der Waals surface area contributed by atoms with Gasteiger partial charge in [-0.3, -0.25) is 4.79 Å². The van der Waals surface area contributed by atoms with Crippen molar-refractivity contribution in [3.63, 3.8) is 0 Å². The van der Waals surface area contributed by atoms with Crippen LogP contribution in [0.3, 0.4) is 0 Å². The molecule has 114 valence electrons. The molecule has 0 bridgehead atoms. The molecule has 22 heavy (non-hydrogen) atoms. The summed E-state index contributed by atoms with van der Waals surface area (Å²) in [5, 5.41) is 7.83. The van der Waals surface area contributed by atoms with Gasteiger partial charge in [-0.2, -0.15) is 8.78 Å². The molecule has 1 fully saturated rings. The third kappa shape index (κ3) is 2.81. The molecule has 1 saturated carbocycles. The zero-order valence-electron chi connectivity index (χ0n) is 11.8. The number of halogens is 2. The first kappa shape index (κ1) is 14.6. The van der Waals surface area contributed by atoms with Crippen LogP contribution >= 0.6 is 0 Å². The molecule has 1 aliphatic carbocycles. The van der Waals surface area contributed by atoms with Crippen molar-refractivity contribution in [2.75, 3.05) is 0 Å². The SMILES string of the molecule is O=C(/C=C/c1cn(C2CCC2)nn1)C(F)(F)c1ccccc1. The van der Waals surface area contributed by atoms with Gasteiger partial charge in [-0.05, 0) is 31.4 Å². The number of carbonyl (C=O) groups is 1. The Bertz CT molecular complexity index is 690. The Balaban J connectivity index is 1.71. The van der Waals surface area contributed by atoms with E-state index in [0.29, 0.717) is 11.7 Å². The van der Waals surface area contributed by atoms with Gasteiger partial charge in [0.1, 0.15) is 5.69 Å². The molecule has 0 aliphatic heterocycles. The number of benzene rings is 1. The Morgan fingerprint density at radius 1 is 1.27 bits per heavy atom. The number of allylic oxidation sites excluding steroid dienone is 1. The number of rotatable bonds is 5. The molecular formula is C16H15F2N3O. The molecule has 0 amide bonds. The summed E-state index contributed by atoms with van der Waals surface area (Å²) in [6, 6.07) is 7.39. The van der Waals surface area contributed by atoms with E-state index in [2.05, 4.69) is 10.3 Å². The second kappa shape index (κ2) is 5.79. The second-order valence-electron chi connectivity index (χ2n) is 5.35. The first-order chi connectivity index (χ1) is 10.6. The lowest BCUT2D eigenvalue weighted by Crippen LogP contribution is -2.23. The predicted molar refractivity (Wildman–Crippen MR) is 77.3 cm³/mol. The number of alkyl halides is 2. The van der Waals surface area contributed by atoms with Gasteiger partial charge in [0, 0.05) is 5.56 Å². The van der Waals surface area contributed by atoms with Gasteiger partial charge in [-0.25, -0.2) is 4.68 Å². The maximum Gasteiger partial charge on any atom is 0.334 e. The molecule has 0 spiro atoms. The minimum atomic E-state index is -3.54. The minimum absolute atomic E-state index is 0.317. The van der Waals surface area contributed by atoms with Crippen molar-refractivity contribution in [3.8, 4) is 0 Å². The molecule has 2 aromatic rings. The van der Waals surface area contributed by atoms with Gasteiger partial charge in [-0.1, -0.05) is 35.5 Å². The van der Waals surface area contributed by atoms with E-state index < -0.39 is 11.7 Å². The Labute approximate surface area is 126 Å². The lowest BCUT2D eigenvalue weighted by atomic mass is 9.93. The van der Waals surface area contributed by atoms with Crippen LogP contribution in [0, 0.1) is 0 Å². The molecule has 1 aliphatic rings. The van der Waals surface area contributed by atoms with Crippen LogP contribution in [-0.4, -0.2) is 20.8 Å². The summed E-state index contributed by atoms with van der Waals surface area (Å²) in [4.78, 5) is 11.8. The van der Waals surface area contributed by atoms with Crippen LogP contribution in [0.25, 0.3) is 6.08 Å². The third-order valence-electron chi connectivity index (χ3n) is 3.83. The average Bonchev–Trinajstić information content (AvgIpc) is 2.92. The molecule has 0 atom stereocenters. The van der Waals surface area contributed by atoms with Crippen molar-refractivity contribution in [3.05, 3.63) is 53.9 Å². The minimum Gasteiger partial charge on any atom is -0.288 e. The van der Waals surface area contributed by atoms with E-state index in [0.717, 1.165) is 25.3 Å². The number of hydrogen-bond donors (Lipinski definition) is 0. The Kier molecular flexibility index (Phi) is 3.83. The molecule has 4 nitrogen and oxygen atoms in total. The van der Waals surface area contributed by atoms with Crippen LogP contribution in [0.4, 0.5) is 8.78 Å². The smallest absolute Gasteiger partial charge is 0.288 e. The van der Waals surface area contributed by atoms with Crippen molar-refractivity contribution >= 4 is 11.9 Å². The Hall–Kier alpha value is -2.37. The molecule has 6 heteroatoms. The Morgan fingerprint density at radius 2 is 2.00 bits per heavy atom. The molecule has 0 N–H and O–H groups in total. The highest BCUT2D eigenvalue weighted by Crippen LogP contribution is 2.31. The zero-order chi connectivity index (χ0) is 15.6. The van der Waals surface area contributed by atoms with Gasteiger partial charge in [0.05, 0.1) is 12.2 Å². The van der Waals surface area contributed by atoms with Crippen LogP contribution in [0.5, 0.6) is 0 Å². The van der Waals surface area contributed by atoms with Gasteiger partial charge >= 0.3 is 5.92 Å². The highest BCUT2D eigenvalue weighted by Gasteiger charge is 2.38. The van der Waals surface area contributed by atoms with Crippen LogP contribution in [0.1, 0.15) is 36.6 Å². The first-order valence-electron chi connectivity index (χ1n) is 7.15. The van der Waals surface area contributed by atoms with Gasteiger partial charge in [0.15, 0.2) is 0 Å². The zero-order valence-corrected chi connectivity index (χ0v) is 11.8.